The third kappa shape index (κ3) is 10.4. The van der Waals surface area contributed by atoms with E-state index in [0.29, 0.717) is 18.3 Å². The van der Waals surface area contributed by atoms with Crippen LogP contribution in [-0.4, -0.2) is 12.6 Å². The molecule has 0 atom stereocenters. The number of hydrogen-bond acceptors (Lipinski definition) is 3. The number of hydrogen-bond donors (Lipinski definition) is 0. The number of carbonyl (C=O) groups is 1. The summed E-state index contributed by atoms with van der Waals surface area (Å²) in [6.45, 7) is 5.13. The molecule has 1 aromatic carbocycles. The zero-order valence-corrected chi connectivity index (χ0v) is 22.5. The van der Waals surface area contributed by atoms with Crippen LogP contribution in [-0.2, 0) is 4.79 Å². The van der Waals surface area contributed by atoms with Gasteiger partial charge in [-0.1, -0.05) is 77.4 Å². The van der Waals surface area contributed by atoms with Crippen LogP contribution in [0.1, 0.15) is 117 Å². The summed E-state index contributed by atoms with van der Waals surface area (Å²) in [5.41, 5.74) is 0. The molecule has 2 fully saturated rings. The Morgan fingerprint density at radius 3 is 1.89 bits per heavy atom. The molecule has 1 aromatic rings. The topological polar surface area (TPSA) is 35.5 Å². The van der Waals surface area contributed by atoms with Crippen molar-refractivity contribution in [2.75, 3.05) is 6.61 Å². The highest BCUT2D eigenvalue weighted by molar-refractivity contribution is 5.75. The number of benzene rings is 1. The second-order valence-corrected chi connectivity index (χ2v) is 11.1. The van der Waals surface area contributed by atoms with Crippen molar-refractivity contribution in [1.82, 2.24) is 0 Å². The summed E-state index contributed by atoms with van der Waals surface area (Å²) in [6.07, 6.45) is 25.1. The first-order valence-corrected chi connectivity index (χ1v) is 14.8. The molecule has 0 aromatic heterocycles. The van der Waals surface area contributed by atoms with Crippen LogP contribution in [0.15, 0.2) is 36.4 Å². The zero-order chi connectivity index (χ0) is 24.7. The van der Waals surface area contributed by atoms with Crippen molar-refractivity contribution in [3.8, 4) is 11.5 Å². The minimum Gasteiger partial charge on any atom is -0.490 e. The largest absolute Gasteiger partial charge is 0.490 e. The van der Waals surface area contributed by atoms with Crippen LogP contribution in [0, 0.1) is 23.7 Å². The highest BCUT2D eigenvalue weighted by Gasteiger charge is 2.27. The van der Waals surface area contributed by atoms with Gasteiger partial charge in [-0.2, -0.15) is 0 Å². The Labute approximate surface area is 215 Å². The quantitative estimate of drug-likeness (QED) is 0.115. The van der Waals surface area contributed by atoms with Crippen molar-refractivity contribution in [1.29, 1.82) is 0 Å². The number of carbonyl (C=O) groups excluding carboxylic acids is 1. The van der Waals surface area contributed by atoms with E-state index in [-0.39, 0.29) is 11.9 Å². The molecule has 0 aliphatic heterocycles. The van der Waals surface area contributed by atoms with E-state index in [2.05, 4.69) is 26.0 Å². The van der Waals surface area contributed by atoms with Gasteiger partial charge in [0.05, 0.1) is 5.92 Å². The minimum absolute atomic E-state index is 0.0601. The fourth-order valence-corrected chi connectivity index (χ4v) is 5.92. The SMILES string of the molecule is CCCCCC1CCC(/C=C/COc2ccc(OC(=O)C3CCC(CCCCC)CC3)cc2)CC1. The first kappa shape index (κ1) is 27.8. The van der Waals surface area contributed by atoms with Gasteiger partial charge in [0, 0.05) is 0 Å². The molecule has 2 aliphatic carbocycles. The van der Waals surface area contributed by atoms with E-state index in [1.807, 2.05) is 24.3 Å². The monoisotopic (exact) mass is 482 g/mol. The van der Waals surface area contributed by atoms with Gasteiger partial charge in [0.2, 0.25) is 0 Å². The molecule has 3 heteroatoms. The number of unbranched alkanes of at least 4 members (excludes halogenated alkanes) is 4. The number of allylic oxidation sites excluding steroid dienone is 1. The van der Waals surface area contributed by atoms with Gasteiger partial charge < -0.3 is 9.47 Å². The van der Waals surface area contributed by atoms with Crippen LogP contribution in [0.4, 0.5) is 0 Å². The van der Waals surface area contributed by atoms with Crippen molar-refractivity contribution in [2.45, 2.75) is 117 Å². The summed E-state index contributed by atoms with van der Waals surface area (Å²) in [5, 5.41) is 0. The Hall–Kier alpha value is -1.77. The highest BCUT2D eigenvalue weighted by atomic mass is 16.5. The zero-order valence-electron chi connectivity index (χ0n) is 22.5. The van der Waals surface area contributed by atoms with Gasteiger partial charge in [0.15, 0.2) is 0 Å². The molecule has 196 valence electrons. The summed E-state index contributed by atoms with van der Waals surface area (Å²) in [5.74, 6) is 3.93. The Bertz CT molecular complexity index is 722. The third-order valence-electron chi connectivity index (χ3n) is 8.30. The molecule has 2 aliphatic rings. The summed E-state index contributed by atoms with van der Waals surface area (Å²) < 4.78 is 11.6. The molecule has 3 rings (SSSR count). The van der Waals surface area contributed by atoms with Crippen LogP contribution in [0.2, 0.25) is 0 Å². The highest BCUT2D eigenvalue weighted by Crippen LogP contribution is 2.34. The van der Waals surface area contributed by atoms with Gasteiger partial charge in [-0.25, -0.2) is 0 Å². The van der Waals surface area contributed by atoms with Gasteiger partial charge in [-0.15, -0.1) is 0 Å². The maximum absolute atomic E-state index is 12.6. The standard InChI is InChI=1S/C32H50O3/c1-3-5-7-10-26-13-15-28(16-14-26)12-9-25-34-30-21-23-31(24-22-30)35-32(33)29-19-17-27(18-20-29)11-8-6-4-2/h9,12,21-24,26-29H,3-8,10-11,13-20,25H2,1-2H3/b12-9+. The second-order valence-electron chi connectivity index (χ2n) is 11.1. The normalized spacial score (nSPS) is 25.0. The molecule has 2 saturated carbocycles. The van der Waals surface area contributed by atoms with E-state index in [1.54, 1.807) is 0 Å². The molecule has 0 saturated heterocycles. The van der Waals surface area contributed by atoms with Crippen molar-refractivity contribution in [2.24, 2.45) is 23.7 Å². The molecule has 3 nitrogen and oxygen atoms in total. The summed E-state index contributed by atoms with van der Waals surface area (Å²) in [6, 6.07) is 7.52. The molecule has 0 amide bonds. The lowest BCUT2D eigenvalue weighted by molar-refractivity contribution is -0.140. The van der Waals surface area contributed by atoms with Crippen LogP contribution >= 0.6 is 0 Å². The van der Waals surface area contributed by atoms with Gasteiger partial charge in [0.25, 0.3) is 0 Å². The molecular formula is C32H50O3. The van der Waals surface area contributed by atoms with Crippen molar-refractivity contribution in [3.05, 3.63) is 36.4 Å². The lowest BCUT2D eigenvalue weighted by atomic mass is 9.79. The van der Waals surface area contributed by atoms with E-state index in [1.165, 1.54) is 89.9 Å². The van der Waals surface area contributed by atoms with Crippen LogP contribution in [0.5, 0.6) is 11.5 Å². The van der Waals surface area contributed by atoms with Crippen LogP contribution in [0.25, 0.3) is 0 Å². The predicted octanol–water partition coefficient (Wildman–Crippen LogP) is 9.30. The molecule has 0 radical (unpaired) electrons. The van der Waals surface area contributed by atoms with Crippen molar-refractivity contribution < 1.29 is 14.3 Å². The molecular weight excluding hydrogens is 432 g/mol. The maximum Gasteiger partial charge on any atom is 0.314 e. The Morgan fingerprint density at radius 2 is 1.31 bits per heavy atom. The van der Waals surface area contributed by atoms with E-state index < -0.39 is 0 Å². The fourth-order valence-electron chi connectivity index (χ4n) is 5.92. The van der Waals surface area contributed by atoms with Gasteiger partial charge in [-0.3, -0.25) is 4.79 Å². The van der Waals surface area contributed by atoms with Gasteiger partial charge >= 0.3 is 5.97 Å². The van der Waals surface area contributed by atoms with Gasteiger partial charge in [0.1, 0.15) is 18.1 Å². The molecule has 0 N–H and O–H groups in total. The number of ether oxygens (including phenoxy) is 2. The molecule has 0 heterocycles. The molecule has 0 bridgehead atoms. The average molecular weight is 483 g/mol. The number of esters is 1. The Balaban J connectivity index is 1.29. The first-order valence-electron chi connectivity index (χ1n) is 14.8. The van der Waals surface area contributed by atoms with Crippen LogP contribution in [0.3, 0.4) is 0 Å². The lowest BCUT2D eigenvalue weighted by Crippen LogP contribution is -2.25. The minimum atomic E-state index is -0.0614. The van der Waals surface area contributed by atoms with Gasteiger partial charge in [-0.05, 0) is 93.4 Å². The second kappa shape index (κ2) is 16.1. The average Bonchev–Trinajstić information content (AvgIpc) is 2.89. The molecule has 0 spiro atoms. The molecule has 0 unspecified atom stereocenters. The Morgan fingerprint density at radius 1 is 0.771 bits per heavy atom. The van der Waals surface area contributed by atoms with E-state index in [4.69, 9.17) is 9.47 Å². The first-order chi connectivity index (χ1) is 17.2. The van der Waals surface area contributed by atoms with E-state index in [0.717, 1.165) is 30.4 Å². The maximum atomic E-state index is 12.6. The number of rotatable bonds is 14. The fraction of sp³-hybridized carbons (Fsp3) is 0.719. The third-order valence-corrected chi connectivity index (χ3v) is 8.30. The summed E-state index contributed by atoms with van der Waals surface area (Å²) in [4.78, 5) is 12.6. The molecule has 35 heavy (non-hydrogen) atoms. The van der Waals surface area contributed by atoms with E-state index >= 15 is 0 Å². The van der Waals surface area contributed by atoms with Crippen LogP contribution < -0.4 is 9.47 Å². The lowest BCUT2D eigenvalue weighted by Gasteiger charge is -2.27. The smallest absolute Gasteiger partial charge is 0.314 e. The summed E-state index contributed by atoms with van der Waals surface area (Å²) in [7, 11) is 0. The predicted molar refractivity (Wildman–Crippen MR) is 146 cm³/mol. The van der Waals surface area contributed by atoms with E-state index in [9.17, 15) is 4.79 Å². The van der Waals surface area contributed by atoms with Crippen molar-refractivity contribution in [3.63, 3.8) is 0 Å². The summed E-state index contributed by atoms with van der Waals surface area (Å²) >= 11 is 0. The van der Waals surface area contributed by atoms with Crippen molar-refractivity contribution >= 4 is 5.97 Å². The Kier molecular flexibility index (Phi) is 12.8.